The van der Waals surface area contributed by atoms with Gasteiger partial charge in [-0.1, -0.05) is 30.3 Å². The SMILES string of the molecule is C[N+](C)(C)C[C@@H](CC(=O)[O-])OCc1ccccc1. The van der Waals surface area contributed by atoms with E-state index in [9.17, 15) is 9.90 Å². The van der Waals surface area contributed by atoms with Crippen LogP contribution in [0.15, 0.2) is 30.3 Å². The first-order valence-electron chi connectivity index (χ1n) is 6.02. The zero-order valence-corrected chi connectivity index (χ0v) is 11.3. The fraction of sp³-hybridized carbons (Fsp3) is 0.500. The molecule has 0 amide bonds. The maximum absolute atomic E-state index is 10.7. The molecule has 1 atom stereocenters. The quantitative estimate of drug-likeness (QED) is 0.660. The van der Waals surface area contributed by atoms with Crippen LogP contribution in [-0.4, -0.2) is 44.2 Å². The second-order valence-electron chi connectivity index (χ2n) is 5.47. The molecule has 0 heterocycles. The Morgan fingerprint density at radius 1 is 1.28 bits per heavy atom. The van der Waals surface area contributed by atoms with Crippen molar-refractivity contribution >= 4 is 5.97 Å². The van der Waals surface area contributed by atoms with Crippen molar-refractivity contribution in [3.63, 3.8) is 0 Å². The molecule has 0 unspecified atom stereocenters. The number of rotatable bonds is 7. The maximum Gasteiger partial charge on any atom is 0.112 e. The van der Waals surface area contributed by atoms with Gasteiger partial charge in [0.2, 0.25) is 0 Å². The number of ether oxygens (including phenoxy) is 1. The minimum Gasteiger partial charge on any atom is -0.550 e. The molecule has 0 aliphatic heterocycles. The van der Waals surface area contributed by atoms with Crippen molar-refractivity contribution in [2.24, 2.45) is 0 Å². The van der Waals surface area contributed by atoms with Crippen molar-refractivity contribution in [3.8, 4) is 0 Å². The minimum atomic E-state index is -1.07. The van der Waals surface area contributed by atoms with E-state index >= 15 is 0 Å². The fourth-order valence-corrected chi connectivity index (χ4v) is 1.76. The van der Waals surface area contributed by atoms with Crippen LogP contribution in [0.2, 0.25) is 0 Å². The minimum absolute atomic E-state index is 0.0671. The number of carboxylic acid groups (broad SMARTS) is 1. The lowest BCUT2D eigenvalue weighted by molar-refractivity contribution is -0.873. The van der Waals surface area contributed by atoms with Crippen LogP contribution in [0.1, 0.15) is 12.0 Å². The fourth-order valence-electron chi connectivity index (χ4n) is 1.76. The van der Waals surface area contributed by atoms with Gasteiger partial charge >= 0.3 is 0 Å². The Hall–Kier alpha value is -1.39. The molecule has 18 heavy (non-hydrogen) atoms. The number of benzene rings is 1. The Morgan fingerprint density at radius 3 is 2.39 bits per heavy atom. The third-order valence-electron chi connectivity index (χ3n) is 2.47. The molecule has 4 heteroatoms. The van der Waals surface area contributed by atoms with Gasteiger partial charge in [0.05, 0.1) is 27.7 Å². The van der Waals surface area contributed by atoms with Crippen molar-refractivity contribution in [3.05, 3.63) is 35.9 Å². The van der Waals surface area contributed by atoms with E-state index in [2.05, 4.69) is 0 Å². The Bertz CT molecular complexity index is 370. The Labute approximate surface area is 108 Å². The summed E-state index contributed by atoms with van der Waals surface area (Å²) in [6, 6.07) is 9.73. The van der Waals surface area contributed by atoms with Crippen LogP contribution in [0.3, 0.4) is 0 Å². The van der Waals surface area contributed by atoms with E-state index in [1.807, 2.05) is 51.5 Å². The average Bonchev–Trinajstić information content (AvgIpc) is 2.24. The molecule has 0 saturated carbocycles. The number of hydrogen-bond donors (Lipinski definition) is 0. The van der Waals surface area contributed by atoms with Gasteiger partial charge in [0.25, 0.3) is 0 Å². The summed E-state index contributed by atoms with van der Waals surface area (Å²) in [6.45, 7) is 1.07. The molecule has 0 saturated heterocycles. The number of carbonyl (C=O) groups excluding carboxylic acids is 1. The van der Waals surface area contributed by atoms with Crippen molar-refractivity contribution in [1.29, 1.82) is 0 Å². The van der Waals surface area contributed by atoms with Crippen LogP contribution in [0, 0.1) is 0 Å². The summed E-state index contributed by atoms with van der Waals surface area (Å²) >= 11 is 0. The molecule has 1 aromatic carbocycles. The molecule has 0 aromatic heterocycles. The van der Waals surface area contributed by atoms with E-state index in [1.165, 1.54) is 0 Å². The summed E-state index contributed by atoms with van der Waals surface area (Å²) in [5, 5.41) is 10.7. The first-order valence-corrected chi connectivity index (χ1v) is 6.02. The third-order valence-corrected chi connectivity index (χ3v) is 2.47. The molecule has 0 bridgehead atoms. The van der Waals surface area contributed by atoms with E-state index in [-0.39, 0.29) is 12.5 Å². The molecule has 1 aromatic rings. The standard InChI is InChI=1S/C14H21NO3/c1-15(2,3)10-13(9-14(16)17)18-11-12-7-5-4-6-8-12/h4-8,13H,9-11H2,1-3H3/t13-/m1/s1. The molecule has 0 N–H and O–H groups in total. The van der Waals surface area contributed by atoms with Crippen molar-refractivity contribution in [2.45, 2.75) is 19.1 Å². The van der Waals surface area contributed by atoms with Gasteiger partial charge in [-0.05, 0) is 5.56 Å². The van der Waals surface area contributed by atoms with E-state index in [4.69, 9.17) is 4.74 Å². The zero-order valence-electron chi connectivity index (χ0n) is 11.3. The van der Waals surface area contributed by atoms with Gasteiger partial charge in [-0.15, -0.1) is 0 Å². The van der Waals surface area contributed by atoms with Gasteiger partial charge in [0.1, 0.15) is 12.6 Å². The first-order chi connectivity index (χ1) is 8.37. The number of hydrogen-bond acceptors (Lipinski definition) is 3. The first kappa shape index (κ1) is 14.7. The molecule has 0 fully saturated rings. The number of carbonyl (C=O) groups is 1. The van der Waals surface area contributed by atoms with E-state index in [0.717, 1.165) is 5.56 Å². The summed E-state index contributed by atoms with van der Waals surface area (Å²) < 4.78 is 6.34. The van der Waals surface area contributed by atoms with Crippen LogP contribution >= 0.6 is 0 Å². The number of carboxylic acids is 1. The smallest absolute Gasteiger partial charge is 0.112 e. The number of nitrogens with zero attached hydrogens (tertiary/aromatic N) is 1. The van der Waals surface area contributed by atoms with Crippen LogP contribution in [0.4, 0.5) is 0 Å². The second kappa shape index (κ2) is 6.52. The highest BCUT2D eigenvalue weighted by Crippen LogP contribution is 2.08. The molecule has 0 radical (unpaired) electrons. The molecule has 0 aliphatic rings. The third kappa shape index (κ3) is 6.37. The lowest BCUT2D eigenvalue weighted by Crippen LogP contribution is -2.44. The molecule has 100 valence electrons. The Balaban J connectivity index is 2.53. The van der Waals surface area contributed by atoms with Crippen molar-refractivity contribution < 1.29 is 19.1 Å². The highest BCUT2D eigenvalue weighted by Gasteiger charge is 2.19. The van der Waals surface area contributed by atoms with Gasteiger partial charge in [-0.2, -0.15) is 0 Å². The van der Waals surface area contributed by atoms with Gasteiger partial charge in [-0.25, -0.2) is 0 Å². The molecule has 0 spiro atoms. The summed E-state index contributed by atoms with van der Waals surface area (Å²) in [5.74, 6) is -1.07. The van der Waals surface area contributed by atoms with Crippen LogP contribution in [-0.2, 0) is 16.1 Å². The summed E-state index contributed by atoms with van der Waals surface area (Å²) in [6.07, 6.45) is -0.391. The molecule has 0 aliphatic carbocycles. The predicted octanol–water partition coefficient (Wildman–Crippen LogP) is 0.418. The zero-order chi connectivity index (χ0) is 13.6. The van der Waals surface area contributed by atoms with Crippen LogP contribution in [0.25, 0.3) is 0 Å². The predicted molar refractivity (Wildman–Crippen MR) is 67.5 cm³/mol. The van der Waals surface area contributed by atoms with E-state index < -0.39 is 5.97 Å². The summed E-state index contributed by atoms with van der Waals surface area (Å²) in [7, 11) is 6.02. The normalized spacial score (nSPS) is 13.3. The van der Waals surface area contributed by atoms with E-state index in [0.29, 0.717) is 17.6 Å². The second-order valence-corrected chi connectivity index (χ2v) is 5.47. The van der Waals surface area contributed by atoms with Gasteiger partial charge in [0.15, 0.2) is 0 Å². The lowest BCUT2D eigenvalue weighted by atomic mass is 10.2. The molecular weight excluding hydrogens is 230 g/mol. The lowest BCUT2D eigenvalue weighted by Gasteiger charge is -2.29. The van der Waals surface area contributed by atoms with Crippen LogP contribution < -0.4 is 5.11 Å². The summed E-state index contributed by atoms with van der Waals surface area (Å²) in [4.78, 5) is 10.7. The highest BCUT2D eigenvalue weighted by atomic mass is 16.5. The monoisotopic (exact) mass is 251 g/mol. The Morgan fingerprint density at radius 2 is 1.89 bits per heavy atom. The van der Waals surface area contributed by atoms with Gasteiger partial charge < -0.3 is 19.1 Å². The van der Waals surface area contributed by atoms with Crippen molar-refractivity contribution in [2.75, 3.05) is 27.7 Å². The number of aliphatic carboxylic acids is 1. The number of likely N-dealkylation sites (N-methyl/N-ethyl adjacent to an activating group) is 1. The van der Waals surface area contributed by atoms with Crippen LogP contribution in [0.5, 0.6) is 0 Å². The highest BCUT2D eigenvalue weighted by molar-refractivity contribution is 5.64. The summed E-state index contributed by atoms with van der Waals surface area (Å²) in [5.41, 5.74) is 1.04. The van der Waals surface area contributed by atoms with Gasteiger partial charge in [-0.3, -0.25) is 0 Å². The van der Waals surface area contributed by atoms with Gasteiger partial charge in [0, 0.05) is 12.4 Å². The molecule has 1 rings (SSSR count). The van der Waals surface area contributed by atoms with Crippen molar-refractivity contribution in [1.82, 2.24) is 0 Å². The Kier molecular flexibility index (Phi) is 5.31. The average molecular weight is 251 g/mol. The number of quaternary nitrogens is 1. The topological polar surface area (TPSA) is 49.4 Å². The molecular formula is C14H21NO3. The molecule has 4 nitrogen and oxygen atoms in total. The maximum atomic E-state index is 10.7. The largest absolute Gasteiger partial charge is 0.550 e. The van der Waals surface area contributed by atoms with E-state index in [1.54, 1.807) is 0 Å².